The SMILES string of the molecule is C[C@@H]1CCCCN1c1cc(N2CCN(c3ccccc3)CC2)nc(NC(=S)NCC2(c3ccc(Cl)cc3)CCOCC2)n1. The van der Waals surface area contributed by atoms with Gasteiger partial charge >= 0.3 is 0 Å². The van der Waals surface area contributed by atoms with E-state index in [9.17, 15) is 0 Å². The van der Waals surface area contributed by atoms with Gasteiger partial charge < -0.3 is 30.1 Å². The number of thiocarbonyl (C=S) groups is 1. The molecule has 1 atom stereocenters. The Hall–Kier alpha value is -3.14. The van der Waals surface area contributed by atoms with Crippen LogP contribution >= 0.6 is 23.8 Å². The average Bonchev–Trinajstić information content (AvgIpc) is 3.05. The summed E-state index contributed by atoms with van der Waals surface area (Å²) in [5, 5.41) is 8.13. The molecular formula is C33H42ClN7OS. The third-order valence-corrected chi connectivity index (χ3v) is 9.74. The van der Waals surface area contributed by atoms with Crippen LogP contribution in [0.4, 0.5) is 23.3 Å². The number of piperazine rings is 1. The van der Waals surface area contributed by atoms with Crippen molar-refractivity contribution in [1.82, 2.24) is 15.3 Å². The largest absolute Gasteiger partial charge is 0.381 e. The highest BCUT2D eigenvalue weighted by Gasteiger charge is 2.34. The third kappa shape index (κ3) is 7.16. The van der Waals surface area contributed by atoms with Gasteiger partial charge in [-0.05, 0) is 81.1 Å². The molecule has 43 heavy (non-hydrogen) atoms. The lowest BCUT2D eigenvalue weighted by molar-refractivity contribution is 0.0515. The molecule has 2 aromatic carbocycles. The van der Waals surface area contributed by atoms with Gasteiger partial charge in [-0.2, -0.15) is 9.97 Å². The zero-order valence-corrected chi connectivity index (χ0v) is 26.5. The van der Waals surface area contributed by atoms with Crippen LogP contribution in [-0.2, 0) is 10.2 Å². The Labute approximate surface area is 265 Å². The van der Waals surface area contributed by atoms with Crippen LogP contribution in [0.1, 0.15) is 44.6 Å². The topological polar surface area (TPSA) is 68.8 Å². The summed E-state index contributed by atoms with van der Waals surface area (Å²) in [5.74, 6) is 2.46. The second kappa shape index (κ2) is 13.7. The summed E-state index contributed by atoms with van der Waals surface area (Å²) in [4.78, 5) is 17.2. The first-order chi connectivity index (χ1) is 21.0. The minimum Gasteiger partial charge on any atom is -0.381 e. The monoisotopic (exact) mass is 619 g/mol. The summed E-state index contributed by atoms with van der Waals surface area (Å²) in [6, 6.07) is 21.4. The molecule has 3 fully saturated rings. The highest BCUT2D eigenvalue weighted by Crippen LogP contribution is 2.35. The van der Waals surface area contributed by atoms with Gasteiger partial charge in [-0.15, -0.1) is 0 Å². The molecule has 3 aliphatic heterocycles. The number of hydrogen-bond acceptors (Lipinski definition) is 7. The number of nitrogens with one attached hydrogen (secondary N) is 2. The summed E-state index contributed by atoms with van der Waals surface area (Å²) in [6.45, 7) is 9.14. The first-order valence-corrected chi connectivity index (χ1v) is 16.4. The molecule has 3 saturated heterocycles. The van der Waals surface area contributed by atoms with Crippen molar-refractivity contribution in [2.45, 2.75) is 50.5 Å². The number of anilines is 4. The van der Waals surface area contributed by atoms with Crippen LogP contribution in [0.5, 0.6) is 0 Å². The highest BCUT2D eigenvalue weighted by atomic mass is 35.5. The number of nitrogens with zero attached hydrogens (tertiary/aromatic N) is 5. The number of ether oxygens (including phenoxy) is 1. The van der Waals surface area contributed by atoms with Crippen molar-refractivity contribution in [3.05, 3.63) is 71.2 Å². The van der Waals surface area contributed by atoms with Gasteiger partial charge in [0.15, 0.2) is 5.11 Å². The van der Waals surface area contributed by atoms with E-state index in [2.05, 4.69) is 80.8 Å². The predicted molar refractivity (Wildman–Crippen MR) is 181 cm³/mol. The lowest BCUT2D eigenvalue weighted by Gasteiger charge is -2.38. The van der Waals surface area contributed by atoms with E-state index < -0.39 is 0 Å². The van der Waals surface area contributed by atoms with E-state index >= 15 is 0 Å². The van der Waals surface area contributed by atoms with Crippen LogP contribution in [0.25, 0.3) is 0 Å². The molecular weight excluding hydrogens is 578 g/mol. The summed E-state index contributed by atoms with van der Waals surface area (Å²) < 4.78 is 5.72. The van der Waals surface area contributed by atoms with Gasteiger partial charge in [-0.3, -0.25) is 0 Å². The molecule has 0 unspecified atom stereocenters. The van der Waals surface area contributed by atoms with Gasteiger partial charge in [-0.25, -0.2) is 0 Å². The molecule has 3 aromatic rings. The van der Waals surface area contributed by atoms with Gasteiger partial charge in [0, 0.05) is 80.7 Å². The highest BCUT2D eigenvalue weighted by molar-refractivity contribution is 7.80. The maximum atomic E-state index is 6.20. The molecule has 2 N–H and O–H groups in total. The summed E-state index contributed by atoms with van der Waals surface area (Å²) >= 11 is 12.0. The predicted octanol–water partition coefficient (Wildman–Crippen LogP) is 5.87. The molecule has 0 amide bonds. The lowest BCUT2D eigenvalue weighted by atomic mass is 9.74. The Morgan fingerprint density at radius 3 is 2.35 bits per heavy atom. The number of piperidine rings is 1. The molecule has 0 spiro atoms. The first-order valence-electron chi connectivity index (χ1n) is 15.6. The lowest BCUT2D eigenvalue weighted by Crippen LogP contribution is -2.47. The quantitative estimate of drug-likeness (QED) is 0.316. The zero-order valence-electron chi connectivity index (χ0n) is 25.0. The minimum absolute atomic E-state index is 0.0793. The maximum Gasteiger partial charge on any atom is 0.232 e. The molecule has 10 heteroatoms. The molecule has 0 bridgehead atoms. The number of aromatic nitrogens is 2. The van der Waals surface area contributed by atoms with E-state index in [0.717, 1.165) is 75.4 Å². The van der Waals surface area contributed by atoms with Crippen molar-refractivity contribution >= 4 is 52.2 Å². The van der Waals surface area contributed by atoms with E-state index in [0.29, 0.717) is 23.6 Å². The Balaban J connectivity index is 1.18. The molecule has 3 aliphatic rings. The molecule has 8 nitrogen and oxygen atoms in total. The van der Waals surface area contributed by atoms with E-state index in [1.165, 1.54) is 30.5 Å². The fourth-order valence-electron chi connectivity index (χ4n) is 6.59. The number of para-hydroxylation sites is 1. The number of rotatable bonds is 7. The molecule has 228 valence electrons. The second-order valence-corrected chi connectivity index (χ2v) is 12.8. The van der Waals surface area contributed by atoms with Crippen LogP contribution in [0, 0.1) is 0 Å². The van der Waals surface area contributed by atoms with Crippen LogP contribution in [0.3, 0.4) is 0 Å². The van der Waals surface area contributed by atoms with Gasteiger partial charge in [0.25, 0.3) is 0 Å². The van der Waals surface area contributed by atoms with Crippen molar-refractivity contribution in [3.8, 4) is 0 Å². The maximum absolute atomic E-state index is 6.20. The van der Waals surface area contributed by atoms with Crippen LogP contribution in [-0.4, -0.2) is 73.6 Å². The second-order valence-electron chi connectivity index (χ2n) is 12.0. The smallest absolute Gasteiger partial charge is 0.232 e. The van der Waals surface area contributed by atoms with Crippen LogP contribution in [0.15, 0.2) is 60.7 Å². The average molecular weight is 620 g/mol. The molecule has 1 aromatic heterocycles. The Morgan fingerprint density at radius 2 is 1.63 bits per heavy atom. The summed E-state index contributed by atoms with van der Waals surface area (Å²) in [5.41, 5.74) is 2.45. The Kier molecular flexibility index (Phi) is 9.50. The summed E-state index contributed by atoms with van der Waals surface area (Å²) in [6.07, 6.45) is 5.45. The van der Waals surface area contributed by atoms with Crippen molar-refractivity contribution in [1.29, 1.82) is 0 Å². The molecule has 0 aliphatic carbocycles. The van der Waals surface area contributed by atoms with E-state index in [1.54, 1.807) is 0 Å². The molecule has 6 rings (SSSR count). The normalized spacial score (nSPS) is 20.5. The van der Waals surface area contributed by atoms with Crippen LogP contribution in [0.2, 0.25) is 5.02 Å². The van der Waals surface area contributed by atoms with Gasteiger partial charge in [0.2, 0.25) is 5.95 Å². The van der Waals surface area contributed by atoms with Crippen molar-refractivity contribution < 1.29 is 4.74 Å². The standard InChI is InChI=1S/C33H42ClN7OS/c1-25-7-5-6-16-41(25)30-23-29(40-19-17-39(18-20-40)28-8-3-2-4-9-28)36-31(37-30)38-32(43)35-24-33(14-21-42-22-15-33)26-10-12-27(34)13-11-26/h2-4,8-13,23,25H,5-7,14-22,24H2,1H3,(H2,35,36,37,38,43)/t25-/m1/s1. The minimum atomic E-state index is -0.0793. The Bertz CT molecular complexity index is 1360. The van der Waals surface area contributed by atoms with Gasteiger partial charge in [0.05, 0.1) is 0 Å². The molecule has 0 saturated carbocycles. The van der Waals surface area contributed by atoms with Gasteiger partial charge in [-0.1, -0.05) is 41.9 Å². The van der Waals surface area contributed by atoms with Crippen molar-refractivity contribution in [3.63, 3.8) is 0 Å². The van der Waals surface area contributed by atoms with Crippen molar-refractivity contribution in [2.75, 3.05) is 72.5 Å². The number of hydrogen-bond donors (Lipinski definition) is 2. The molecule has 0 radical (unpaired) electrons. The summed E-state index contributed by atoms with van der Waals surface area (Å²) in [7, 11) is 0. The number of benzene rings is 2. The zero-order chi connectivity index (χ0) is 29.6. The number of halogens is 1. The fourth-order valence-corrected chi connectivity index (χ4v) is 6.88. The van der Waals surface area contributed by atoms with E-state index in [1.807, 2.05) is 12.1 Å². The third-order valence-electron chi connectivity index (χ3n) is 9.24. The fraction of sp³-hybridized carbons (Fsp3) is 0.485. The van der Waals surface area contributed by atoms with E-state index in [-0.39, 0.29) is 5.41 Å². The van der Waals surface area contributed by atoms with Crippen molar-refractivity contribution in [2.24, 2.45) is 0 Å². The van der Waals surface area contributed by atoms with Gasteiger partial charge in [0.1, 0.15) is 11.6 Å². The van der Waals surface area contributed by atoms with E-state index in [4.69, 9.17) is 38.5 Å². The Morgan fingerprint density at radius 1 is 0.930 bits per heavy atom. The first kappa shape index (κ1) is 29.9. The van der Waals surface area contributed by atoms with Crippen LogP contribution < -0.4 is 25.3 Å². The molecule has 4 heterocycles.